The third kappa shape index (κ3) is 4.51. The molecule has 152 valence electrons. The molecule has 1 fully saturated rings. The molecule has 0 saturated carbocycles. The molecule has 0 bridgehead atoms. The van der Waals surface area contributed by atoms with E-state index < -0.39 is 0 Å². The third-order valence-corrected chi connectivity index (χ3v) is 5.69. The Bertz CT molecular complexity index is 1040. The van der Waals surface area contributed by atoms with Gasteiger partial charge in [0.25, 0.3) is 5.91 Å². The summed E-state index contributed by atoms with van der Waals surface area (Å²) in [5, 5.41) is 2.99. The third-order valence-electron chi connectivity index (χ3n) is 5.69. The normalized spacial score (nSPS) is 19.6. The van der Waals surface area contributed by atoms with Crippen molar-refractivity contribution in [3.05, 3.63) is 58.5 Å². The summed E-state index contributed by atoms with van der Waals surface area (Å²) in [6.07, 6.45) is 4.59. The van der Waals surface area contributed by atoms with Crippen LogP contribution in [-0.4, -0.2) is 36.1 Å². The average molecular weight is 395 g/mol. The van der Waals surface area contributed by atoms with Crippen LogP contribution < -0.4 is 20.6 Å². The highest BCUT2D eigenvalue weighted by molar-refractivity contribution is 5.93. The van der Waals surface area contributed by atoms with Crippen molar-refractivity contribution >= 4 is 22.6 Å². The van der Waals surface area contributed by atoms with Crippen LogP contribution in [0.5, 0.6) is 5.75 Å². The first-order valence-corrected chi connectivity index (χ1v) is 10.1. The summed E-state index contributed by atoms with van der Waals surface area (Å²) in [5.74, 6) is 0.831. The van der Waals surface area contributed by atoms with Gasteiger partial charge in [0, 0.05) is 17.7 Å². The number of imidazole rings is 1. The highest BCUT2D eigenvalue weighted by Gasteiger charge is 2.28. The van der Waals surface area contributed by atoms with Gasteiger partial charge in [-0.2, -0.15) is 0 Å². The van der Waals surface area contributed by atoms with Crippen molar-refractivity contribution in [1.82, 2.24) is 9.97 Å². The van der Waals surface area contributed by atoms with Gasteiger partial charge >= 0.3 is 5.69 Å². The topological polar surface area (TPSA) is 91.4 Å². The van der Waals surface area contributed by atoms with Gasteiger partial charge in [-0.15, -0.1) is 0 Å². The van der Waals surface area contributed by atoms with E-state index >= 15 is 0 Å². The number of rotatable bonds is 5. The lowest BCUT2D eigenvalue weighted by atomic mass is 10.0. The van der Waals surface area contributed by atoms with Gasteiger partial charge in [-0.1, -0.05) is 0 Å². The Balaban J connectivity index is 1.47. The van der Waals surface area contributed by atoms with Gasteiger partial charge in [0.1, 0.15) is 11.8 Å². The molecule has 7 heteroatoms. The molecule has 0 spiro atoms. The highest BCUT2D eigenvalue weighted by atomic mass is 16.5. The number of carbonyl (C=O) groups excluding carboxylic acids is 1. The second kappa shape index (κ2) is 8.53. The molecule has 2 aromatic carbocycles. The number of likely N-dealkylation sites (tertiary alicyclic amines) is 1. The van der Waals surface area contributed by atoms with Crippen molar-refractivity contribution in [2.45, 2.75) is 31.7 Å². The first-order chi connectivity index (χ1) is 14.1. The Kier molecular flexibility index (Phi) is 5.67. The lowest BCUT2D eigenvalue weighted by Gasteiger charge is -2.27. The number of quaternary nitrogens is 1. The van der Waals surface area contributed by atoms with Gasteiger partial charge in [0.15, 0.2) is 6.54 Å². The number of fused-ring (bicyclic) bond motifs is 1. The predicted octanol–water partition coefficient (Wildman–Crippen LogP) is 2.00. The minimum absolute atomic E-state index is 0.0161. The van der Waals surface area contributed by atoms with Crippen LogP contribution in [0.4, 0.5) is 5.69 Å². The first kappa shape index (κ1) is 19.3. The zero-order chi connectivity index (χ0) is 20.2. The van der Waals surface area contributed by atoms with Gasteiger partial charge in [-0.05, 0) is 61.7 Å². The molecule has 3 aromatic rings. The fraction of sp³-hybridized carbons (Fsp3) is 0.364. The molecule has 2 atom stereocenters. The van der Waals surface area contributed by atoms with Crippen LogP contribution in [0.3, 0.4) is 0 Å². The Morgan fingerprint density at radius 1 is 1.10 bits per heavy atom. The van der Waals surface area contributed by atoms with E-state index in [2.05, 4.69) is 27.4 Å². The van der Waals surface area contributed by atoms with Crippen molar-refractivity contribution < 1.29 is 14.4 Å². The van der Waals surface area contributed by atoms with E-state index in [0.717, 1.165) is 30.7 Å². The van der Waals surface area contributed by atoms with Crippen molar-refractivity contribution in [3.63, 3.8) is 0 Å². The smallest absolute Gasteiger partial charge is 0.323 e. The summed E-state index contributed by atoms with van der Waals surface area (Å²) >= 11 is 0. The van der Waals surface area contributed by atoms with Gasteiger partial charge in [0.05, 0.1) is 24.7 Å². The zero-order valence-corrected chi connectivity index (χ0v) is 16.6. The van der Waals surface area contributed by atoms with Crippen LogP contribution in [0, 0.1) is 0 Å². The van der Waals surface area contributed by atoms with Gasteiger partial charge in [-0.25, -0.2) is 4.79 Å². The number of hydrogen-bond acceptors (Lipinski definition) is 3. The number of amides is 1. The van der Waals surface area contributed by atoms with Crippen molar-refractivity contribution in [2.75, 3.05) is 25.5 Å². The molecule has 4 N–H and O–H groups in total. The zero-order valence-electron chi connectivity index (χ0n) is 16.6. The maximum Gasteiger partial charge on any atom is 0.323 e. The molecule has 29 heavy (non-hydrogen) atoms. The maximum atomic E-state index is 12.8. The van der Waals surface area contributed by atoms with Crippen LogP contribution in [0.1, 0.15) is 37.3 Å². The molecular formula is C22H27N4O3+. The number of ether oxygens (including phenoxy) is 1. The number of methoxy groups -OCH3 is 1. The number of carbonyl (C=O) groups is 1. The van der Waals surface area contributed by atoms with E-state index in [1.54, 1.807) is 19.2 Å². The van der Waals surface area contributed by atoms with Gasteiger partial charge in [0.2, 0.25) is 0 Å². The Hall–Kier alpha value is -3.06. The molecule has 1 aliphatic rings. The molecular weight excluding hydrogens is 368 g/mol. The molecule has 0 radical (unpaired) electrons. The summed E-state index contributed by atoms with van der Waals surface area (Å²) in [6.45, 7) is 1.40. The quantitative estimate of drug-likeness (QED) is 0.533. The predicted molar refractivity (Wildman–Crippen MR) is 112 cm³/mol. The molecule has 2 heterocycles. The van der Waals surface area contributed by atoms with Crippen LogP contribution in [-0.2, 0) is 4.79 Å². The Labute approximate surface area is 169 Å². The van der Waals surface area contributed by atoms with E-state index in [-0.39, 0.29) is 11.6 Å². The molecule has 1 unspecified atom stereocenters. The number of aromatic amines is 2. The highest BCUT2D eigenvalue weighted by Crippen LogP contribution is 2.22. The van der Waals surface area contributed by atoms with E-state index in [1.165, 1.54) is 23.3 Å². The number of nitrogens with one attached hydrogen (secondary N) is 4. The number of hydrogen-bond donors (Lipinski definition) is 4. The second-order valence-corrected chi connectivity index (χ2v) is 7.65. The van der Waals surface area contributed by atoms with Crippen LogP contribution in [0.2, 0.25) is 0 Å². The van der Waals surface area contributed by atoms with Crippen LogP contribution in [0.15, 0.2) is 47.3 Å². The van der Waals surface area contributed by atoms with Crippen molar-refractivity contribution in [3.8, 4) is 5.75 Å². The SMILES string of the molecule is COc1ccc([C@H]2CCCCC[NH+]2CC(=O)Nc2ccc3[nH]c(=O)[nH]c3c2)cc1. The number of anilines is 1. The summed E-state index contributed by atoms with van der Waals surface area (Å²) < 4.78 is 5.28. The summed E-state index contributed by atoms with van der Waals surface area (Å²) in [4.78, 5) is 30.9. The lowest BCUT2D eigenvalue weighted by Crippen LogP contribution is -3.13. The van der Waals surface area contributed by atoms with Crippen molar-refractivity contribution in [1.29, 1.82) is 0 Å². The fourth-order valence-corrected chi connectivity index (χ4v) is 4.23. The molecule has 1 amide bonds. The fourth-order valence-electron chi connectivity index (χ4n) is 4.23. The summed E-state index contributed by atoms with van der Waals surface area (Å²) in [6, 6.07) is 13.9. The number of benzene rings is 2. The summed E-state index contributed by atoms with van der Waals surface area (Å²) in [5.41, 5.74) is 3.10. The molecule has 1 aromatic heterocycles. The largest absolute Gasteiger partial charge is 0.497 e. The molecule has 4 rings (SSSR count). The van der Waals surface area contributed by atoms with Crippen LogP contribution >= 0.6 is 0 Å². The Morgan fingerprint density at radius 2 is 1.90 bits per heavy atom. The number of H-pyrrole nitrogens is 2. The second-order valence-electron chi connectivity index (χ2n) is 7.65. The molecule has 7 nitrogen and oxygen atoms in total. The standard InChI is InChI=1S/C22H26N4O3/c1-29-17-9-6-15(7-10-17)20-5-3-2-4-12-26(20)14-21(27)23-16-8-11-18-19(13-16)25-22(28)24-18/h6-11,13,20H,2-5,12,14H2,1H3,(H,23,27)(H2,24,25,28)/p+1/t20-/m1/s1. The van der Waals surface area contributed by atoms with Crippen LogP contribution in [0.25, 0.3) is 11.0 Å². The molecule has 1 saturated heterocycles. The summed E-state index contributed by atoms with van der Waals surface area (Å²) in [7, 11) is 1.67. The van der Waals surface area contributed by atoms with E-state index in [9.17, 15) is 9.59 Å². The maximum absolute atomic E-state index is 12.8. The average Bonchev–Trinajstić information content (AvgIpc) is 2.93. The Morgan fingerprint density at radius 3 is 2.69 bits per heavy atom. The van der Waals surface area contributed by atoms with Gasteiger partial charge in [-0.3, -0.25) is 4.79 Å². The lowest BCUT2D eigenvalue weighted by molar-refractivity contribution is -0.923. The van der Waals surface area contributed by atoms with E-state index in [1.807, 2.05) is 18.2 Å². The molecule has 0 aliphatic carbocycles. The van der Waals surface area contributed by atoms with Gasteiger partial charge < -0.3 is 24.9 Å². The van der Waals surface area contributed by atoms with Crippen molar-refractivity contribution in [2.24, 2.45) is 0 Å². The monoisotopic (exact) mass is 395 g/mol. The first-order valence-electron chi connectivity index (χ1n) is 10.1. The number of aromatic nitrogens is 2. The molecule has 1 aliphatic heterocycles. The minimum atomic E-state index is -0.250. The van der Waals surface area contributed by atoms with E-state index in [4.69, 9.17) is 4.74 Å². The van der Waals surface area contributed by atoms with E-state index in [0.29, 0.717) is 23.8 Å². The minimum Gasteiger partial charge on any atom is -0.497 e.